The summed E-state index contributed by atoms with van der Waals surface area (Å²) < 4.78 is 5.48. The average molecular weight is 387 g/mol. The van der Waals surface area contributed by atoms with Crippen molar-refractivity contribution < 1.29 is 14.6 Å². The van der Waals surface area contributed by atoms with Crippen LogP contribution in [0.2, 0.25) is 0 Å². The zero-order chi connectivity index (χ0) is 19.1. The van der Waals surface area contributed by atoms with Crippen LogP contribution < -0.4 is 10.1 Å². The van der Waals surface area contributed by atoms with Gasteiger partial charge in [-0.05, 0) is 29.3 Å². The summed E-state index contributed by atoms with van der Waals surface area (Å²) in [5, 5.41) is 14.0. The molecule has 3 aromatic rings. The lowest BCUT2D eigenvalue weighted by Gasteiger charge is -2.29. The van der Waals surface area contributed by atoms with Crippen molar-refractivity contribution in [1.29, 1.82) is 0 Å². The minimum absolute atomic E-state index is 0.0240. The molecule has 1 unspecified atom stereocenters. The molecule has 28 heavy (non-hydrogen) atoms. The molecule has 2 heterocycles. The van der Waals surface area contributed by atoms with E-state index in [1.54, 1.807) is 11.8 Å². The first-order valence-electron chi connectivity index (χ1n) is 9.02. The van der Waals surface area contributed by atoms with Crippen LogP contribution in [0.5, 0.6) is 5.75 Å². The molecule has 138 valence electrons. The monoisotopic (exact) mass is 387 g/mol. The summed E-state index contributed by atoms with van der Waals surface area (Å²) in [4.78, 5) is 12.8. The van der Waals surface area contributed by atoms with Gasteiger partial charge in [-0.2, -0.15) is 0 Å². The number of aliphatic hydroxyl groups is 1. The molecule has 0 fully saturated rings. The van der Waals surface area contributed by atoms with Crippen molar-refractivity contribution in [1.82, 2.24) is 0 Å². The first kappa shape index (κ1) is 17.0. The van der Waals surface area contributed by atoms with Crippen molar-refractivity contribution in [3.63, 3.8) is 0 Å². The minimum Gasteiger partial charge on any atom is -0.507 e. The molecule has 1 atom stereocenters. The van der Waals surface area contributed by atoms with E-state index in [1.165, 1.54) is 0 Å². The van der Waals surface area contributed by atoms with Gasteiger partial charge in [0.1, 0.15) is 11.5 Å². The maximum atomic E-state index is 11.7. The Hall–Kier alpha value is -3.18. The number of amides is 1. The molecule has 1 amide bonds. The number of hydrogen-bond acceptors (Lipinski definition) is 4. The van der Waals surface area contributed by atoms with Crippen molar-refractivity contribution in [2.24, 2.45) is 0 Å². The highest BCUT2D eigenvalue weighted by atomic mass is 32.2. The molecule has 0 saturated carbocycles. The van der Waals surface area contributed by atoms with Gasteiger partial charge in [0.25, 0.3) is 5.91 Å². The Labute approximate surface area is 166 Å². The van der Waals surface area contributed by atoms with E-state index in [1.807, 2.05) is 60.7 Å². The number of aliphatic hydroxyl groups excluding tert-OH is 1. The number of ether oxygens (including phenoxy) is 1. The van der Waals surface area contributed by atoms with Gasteiger partial charge in [0, 0.05) is 16.0 Å². The zero-order valence-corrected chi connectivity index (χ0v) is 15.7. The lowest BCUT2D eigenvalue weighted by molar-refractivity contribution is -0.118. The van der Waals surface area contributed by atoms with Gasteiger partial charge in [0.15, 0.2) is 6.61 Å². The summed E-state index contributed by atoms with van der Waals surface area (Å²) in [5.74, 6) is 0.737. The molecule has 0 saturated heterocycles. The van der Waals surface area contributed by atoms with Crippen LogP contribution in [-0.2, 0) is 4.79 Å². The maximum Gasteiger partial charge on any atom is 0.262 e. The fourth-order valence-electron chi connectivity index (χ4n) is 3.62. The molecule has 2 aliphatic rings. The standard InChI is InChI=1S/C23H17NO3S/c25-20-13-27-18-11-10-15(12-17(18)24-20)21-22(26)16-8-4-5-9-19(16)28-23(21)14-6-2-1-3-7-14/h1-12,23,26H,13H2,(H,24,25). The number of anilines is 1. The summed E-state index contributed by atoms with van der Waals surface area (Å²) in [6.07, 6.45) is 0. The first-order chi connectivity index (χ1) is 13.7. The predicted octanol–water partition coefficient (Wildman–Crippen LogP) is 5.29. The Kier molecular flexibility index (Phi) is 4.10. The largest absolute Gasteiger partial charge is 0.507 e. The van der Waals surface area contributed by atoms with Crippen molar-refractivity contribution >= 4 is 34.7 Å². The number of thioether (sulfide) groups is 1. The summed E-state index contributed by atoms with van der Waals surface area (Å²) in [5.41, 5.74) is 4.26. The van der Waals surface area contributed by atoms with E-state index in [9.17, 15) is 9.90 Å². The van der Waals surface area contributed by atoms with Crippen molar-refractivity contribution in [2.45, 2.75) is 10.1 Å². The second kappa shape index (κ2) is 6.77. The van der Waals surface area contributed by atoms with E-state index in [2.05, 4.69) is 17.4 Å². The Morgan fingerprint density at radius 3 is 2.64 bits per heavy atom. The van der Waals surface area contributed by atoms with Crippen molar-refractivity contribution in [2.75, 3.05) is 11.9 Å². The fourth-order valence-corrected chi connectivity index (χ4v) is 4.98. The van der Waals surface area contributed by atoms with Crippen LogP contribution in [-0.4, -0.2) is 17.6 Å². The molecule has 4 nitrogen and oxygen atoms in total. The van der Waals surface area contributed by atoms with Crippen LogP contribution in [0.15, 0.2) is 77.7 Å². The normalized spacial score (nSPS) is 18.0. The summed E-state index contributed by atoms with van der Waals surface area (Å²) in [7, 11) is 0. The van der Waals surface area contributed by atoms with Gasteiger partial charge in [-0.25, -0.2) is 0 Å². The summed E-state index contributed by atoms with van der Waals surface area (Å²) in [6.45, 7) is 0.0240. The Balaban J connectivity index is 1.70. The van der Waals surface area contributed by atoms with E-state index < -0.39 is 0 Å². The van der Waals surface area contributed by atoms with Gasteiger partial charge in [0.2, 0.25) is 0 Å². The molecule has 3 aromatic carbocycles. The average Bonchev–Trinajstić information content (AvgIpc) is 2.74. The molecule has 5 rings (SSSR count). The van der Waals surface area contributed by atoms with Gasteiger partial charge in [-0.1, -0.05) is 54.6 Å². The smallest absolute Gasteiger partial charge is 0.262 e. The van der Waals surface area contributed by atoms with Crippen molar-refractivity contribution in [3.05, 3.63) is 89.5 Å². The minimum atomic E-state index is -0.175. The lowest BCUT2D eigenvalue weighted by atomic mass is 9.93. The lowest BCUT2D eigenvalue weighted by Crippen LogP contribution is -2.25. The number of benzene rings is 3. The third-order valence-corrected chi connectivity index (χ3v) is 6.28. The van der Waals surface area contributed by atoms with Crippen LogP contribution in [0.3, 0.4) is 0 Å². The third-order valence-electron chi connectivity index (χ3n) is 4.93. The number of hydrogen-bond donors (Lipinski definition) is 2. The van der Waals surface area contributed by atoms with Gasteiger partial charge in [0.05, 0.1) is 10.9 Å². The van der Waals surface area contributed by atoms with E-state index in [-0.39, 0.29) is 23.5 Å². The summed E-state index contributed by atoms with van der Waals surface area (Å²) in [6, 6.07) is 23.7. The van der Waals surface area contributed by atoms with Crippen LogP contribution in [0.1, 0.15) is 21.9 Å². The van der Waals surface area contributed by atoms with E-state index in [4.69, 9.17) is 4.74 Å². The maximum absolute atomic E-state index is 11.7. The highest BCUT2D eigenvalue weighted by Crippen LogP contribution is 2.53. The van der Waals surface area contributed by atoms with Crippen LogP contribution in [0, 0.1) is 0 Å². The number of carbonyl (C=O) groups excluding carboxylic acids is 1. The summed E-state index contributed by atoms with van der Waals surface area (Å²) >= 11 is 1.72. The molecular weight excluding hydrogens is 370 g/mol. The molecule has 2 N–H and O–H groups in total. The van der Waals surface area contributed by atoms with Gasteiger partial charge >= 0.3 is 0 Å². The first-order valence-corrected chi connectivity index (χ1v) is 9.90. The predicted molar refractivity (Wildman–Crippen MR) is 111 cm³/mol. The Bertz CT molecular complexity index is 1110. The van der Waals surface area contributed by atoms with Gasteiger partial charge in [-0.15, -0.1) is 11.8 Å². The molecule has 0 spiro atoms. The SMILES string of the molecule is O=C1COc2ccc(C3=C(O)c4ccccc4SC3c3ccccc3)cc2N1. The molecule has 2 aliphatic heterocycles. The third kappa shape index (κ3) is 2.84. The molecule has 0 radical (unpaired) electrons. The van der Waals surface area contributed by atoms with E-state index >= 15 is 0 Å². The number of fused-ring (bicyclic) bond motifs is 2. The second-order valence-electron chi connectivity index (χ2n) is 6.71. The molecule has 0 aliphatic carbocycles. The molecule has 0 bridgehead atoms. The van der Waals surface area contributed by atoms with Crippen LogP contribution in [0.25, 0.3) is 11.3 Å². The fraction of sp³-hybridized carbons (Fsp3) is 0.0870. The molecule has 5 heteroatoms. The van der Waals surface area contributed by atoms with Crippen LogP contribution in [0.4, 0.5) is 5.69 Å². The topological polar surface area (TPSA) is 58.6 Å². The quantitative estimate of drug-likeness (QED) is 0.627. The molecule has 0 aromatic heterocycles. The highest BCUT2D eigenvalue weighted by Gasteiger charge is 2.31. The van der Waals surface area contributed by atoms with Crippen molar-refractivity contribution in [3.8, 4) is 5.75 Å². The Morgan fingerprint density at radius 1 is 1.00 bits per heavy atom. The number of rotatable bonds is 2. The van der Waals surface area contributed by atoms with Crippen LogP contribution >= 0.6 is 11.8 Å². The molecular formula is C23H17NO3S. The van der Waals surface area contributed by atoms with E-state index in [0.29, 0.717) is 11.4 Å². The van der Waals surface area contributed by atoms with E-state index in [0.717, 1.165) is 27.2 Å². The number of carbonyl (C=O) groups is 1. The zero-order valence-electron chi connectivity index (χ0n) is 14.9. The second-order valence-corrected chi connectivity index (χ2v) is 7.86. The van der Waals surface area contributed by atoms with Gasteiger partial charge in [-0.3, -0.25) is 4.79 Å². The Morgan fingerprint density at radius 2 is 1.79 bits per heavy atom. The number of nitrogens with one attached hydrogen (secondary N) is 1. The van der Waals surface area contributed by atoms with Gasteiger partial charge < -0.3 is 15.2 Å². The highest BCUT2D eigenvalue weighted by molar-refractivity contribution is 8.00.